The van der Waals surface area contributed by atoms with Gasteiger partial charge in [0.15, 0.2) is 0 Å². The first kappa shape index (κ1) is 13.9. The summed E-state index contributed by atoms with van der Waals surface area (Å²) in [5.41, 5.74) is 5.12. The predicted molar refractivity (Wildman–Crippen MR) is 66.6 cm³/mol. The van der Waals surface area contributed by atoms with Gasteiger partial charge in [0.25, 0.3) is 5.91 Å². The molecule has 6 nitrogen and oxygen atoms in total. The molecule has 0 aliphatic carbocycles. The van der Waals surface area contributed by atoms with Crippen molar-refractivity contribution in [1.29, 1.82) is 0 Å². The maximum atomic E-state index is 11.4. The van der Waals surface area contributed by atoms with Crippen molar-refractivity contribution in [2.45, 2.75) is 6.92 Å². The van der Waals surface area contributed by atoms with Gasteiger partial charge in [0.05, 0.1) is 12.0 Å². The molecular formula is C11H12N2O4S. The van der Waals surface area contributed by atoms with Crippen LogP contribution in [-0.4, -0.2) is 24.9 Å². The van der Waals surface area contributed by atoms with Crippen molar-refractivity contribution in [3.63, 3.8) is 0 Å². The van der Waals surface area contributed by atoms with Gasteiger partial charge >= 0.3 is 5.97 Å². The van der Waals surface area contributed by atoms with Gasteiger partial charge in [-0.05, 0) is 18.2 Å². The van der Waals surface area contributed by atoms with E-state index in [4.69, 9.17) is 5.73 Å². The molecule has 0 radical (unpaired) electrons. The van der Waals surface area contributed by atoms with E-state index < -0.39 is 17.8 Å². The zero-order chi connectivity index (χ0) is 13.7. The van der Waals surface area contributed by atoms with Crippen molar-refractivity contribution < 1.29 is 19.1 Å². The molecule has 0 atom stereocenters. The molecule has 96 valence electrons. The fraction of sp³-hybridized carbons (Fsp3) is 0.182. The topological polar surface area (TPSA) is 98.5 Å². The average molecular weight is 268 g/mol. The Morgan fingerprint density at radius 1 is 1.39 bits per heavy atom. The number of nitrogens with one attached hydrogen (secondary N) is 1. The van der Waals surface area contributed by atoms with Crippen LogP contribution >= 0.6 is 11.3 Å². The molecule has 18 heavy (non-hydrogen) atoms. The number of hydrogen-bond donors (Lipinski definition) is 2. The highest BCUT2D eigenvalue weighted by atomic mass is 32.1. The molecule has 1 aromatic heterocycles. The molecule has 1 aromatic rings. The molecule has 3 N–H and O–H groups in total. The second-order valence-electron chi connectivity index (χ2n) is 3.30. The van der Waals surface area contributed by atoms with Crippen LogP contribution in [0.5, 0.6) is 0 Å². The van der Waals surface area contributed by atoms with Gasteiger partial charge in [0.2, 0.25) is 5.91 Å². The lowest BCUT2D eigenvalue weighted by atomic mass is 10.3. The van der Waals surface area contributed by atoms with Crippen molar-refractivity contribution in [2.75, 3.05) is 7.11 Å². The molecule has 0 bridgehead atoms. The summed E-state index contributed by atoms with van der Waals surface area (Å²) < 4.78 is 4.53. The highest BCUT2D eigenvalue weighted by Gasteiger charge is 2.12. The van der Waals surface area contributed by atoms with Gasteiger partial charge in [-0.2, -0.15) is 0 Å². The second-order valence-corrected chi connectivity index (χ2v) is 4.41. The predicted octanol–water partition coefficient (Wildman–Crippen LogP) is 0.497. The third-order valence-corrected chi connectivity index (χ3v) is 2.92. The summed E-state index contributed by atoms with van der Waals surface area (Å²) in [5, 5.41) is 2.36. The zero-order valence-corrected chi connectivity index (χ0v) is 10.7. The molecule has 2 amide bonds. The van der Waals surface area contributed by atoms with Crippen LogP contribution in [0.2, 0.25) is 0 Å². The first-order chi connectivity index (χ1) is 8.43. The Morgan fingerprint density at radius 2 is 2.06 bits per heavy atom. The molecule has 1 heterocycles. The minimum Gasteiger partial charge on any atom is -0.464 e. The highest BCUT2D eigenvalue weighted by molar-refractivity contribution is 7.14. The van der Waals surface area contributed by atoms with E-state index in [0.29, 0.717) is 9.75 Å². The van der Waals surface area contributed by atoms with Gasteiger partial charge in [-0.25, -0.2) is 4.79 Å². The van der Waals surface area contributed by atoms with Gasteiger partial charge in [0.1, 0.15) is 5.70 Å². The summed E-state index contributed by atoms with van der Waals surface area (Å²) in [6.45, 7) is 1.28. The summed E-state index contributed by atoms with van der Waals surface area (Å²) in [6, 6.07) is 3.16. The molecule has 0 aliphatic rings. The van der Waals surface area contributed by atoms with Gasteiger partial charge in [-0.1, -0.05) is 0 Å². The molecule has 0 unspecified atom stereocenters. The number of carbonyl (C=O) groups excluding carboxylic acids is 3. The minimum atomic E-state index is -0.667. The van der Waals surface area contributed by atoms with E-state index in [9.17, 15) is 14.4 Å². The molecule has 0 saturated carbocycles. The van der Waals surface area contributed by atoms with Crippen LogP contribution in [0.15, 0.2) is 17.8 Å². The number of nitrogens with two attached hydrogens (primary N) is 1. The molecule has 1 rings (SSSR count). The highest BCUT2D eigenvalue weighted by Crippen LogP contribution is 2.18. The summed E-state index contributed by atoms with van der Waals surface area (Å²) in [6.07, 6.45) is 1.42. The quantitative estimate of drug-likeness (QED) is 0.613. The number of amides is 2. The van der Waals surface area contributed by atoms with Gasteiger partial charge in [-0.15, -0.1) is 11.3 Å². The SMILES string of the molecule is COC(=O)C(=Cc1ccc(C(N)=O)s1)NC(C)=O. The maximum Gasteiger partial charge on any atom is 0.354 e. The van der Waals surface area contributed by atoms with Crippen LogP contribution in [-0.2, 0) is 14.3 Å². The number of rotatable bonds is 4. The van der Waals surface area contributed by atoms with E-state index in [1.165, 1.54) is 20.1 Å². The molecule has 0 aliphatic heterocycles. The Morgan fingerprint density at radius 3 is 2.50 bits per heavy atom. The lowest BCUT2D eigenvalue weighted by Gasteiger charge is -2.04. The summed E-state index contributed by atoms with van der Waals surface area (Å²) in [5.74, 6) is -1.60. The Labute approximate surface area is 107 Å². The Balaban J connectivity index is 3.02. The normalized spacial score (nSPS) is 10.9. The van der Waals surface area contributed by atoms with E-state index in [-0.39, 0.29) is 5.70 Å². The van der Waals surface area contributed by atoms with Crippen LogP contribution < -0.4 is 11.1 Å². The van der Waals surface area contributed by atoms with E-state index in [1.807, 2.05) is 0 Å². The number of esters is 1. The maximum absolute atomic E-state index is 11.4. The van der Waals surface area contributed by atoms with Crippen molar-refractivity contribution in [1.82, 2.24) is 5.32 Å². The molecule has 0 saturated heterocycles. The largest absolute Gasteiger partial charge is 0.464 e. The van der Waals surface area contributed by atoms with Crippen LogP contribution in [0.4, 0.5) is 0 Å². The monoisotopic (exact) mass is 268 g/mol. The van der Waals surface area contributed by atoms with Crippen molar-refractivity contribution in [3.05, 3.63) is 27.6 Å². The van der Waals surface area contributed by atoms with Gasteiger partial charge in [0, 0.05) is 11.8 Å². The van der Waals surface area contributed by atoms with Crippen LogP contribution in [0, 0.1) is 0 Å². The number of primary amides is 1. The first-order valence-corrected chi connectivity index (χ1v) is 5.73. The lowest BCUT2D eigenvalue weighted by Crippen LogP contribution is -2.25. The Bertz CT molecular complexity index is 519. The molecule has 0 spiro atoms. The van der Waals surface area contributed by atoms with Crippen LogP contribution in [0.25, 0.3) is 6.08 Å². The average Bonchev–Trinajstić information content (AvgIpc) is 2.75. The van der Waals surface area contributed by atoms with Crippen molar-refractivity contribution in [2.24, 2.45) is 5.73 Å². The lowest BCUT2D eigenvalue weighted by molar-refractivity contribution is -0.137. The van der Waals surface area contributed by atoms with Crippen LogP contribution in [0.3, 0.4) is 0 Å². The number of methoxy groups -OCH3 is 1. The standard InChI is InChI=1S/C11H12N2O4S/c1-6(14)13-8(11(16)17-2)5-7-3-4-9(18-7)10(12)15/h3-5H,1-2H3,(H2,12,15)(H,13,14). The van der Waals surface area contributed by atoms with E-state index in [2.05, 4.69) is 10.1 Å². The third kappa shape index (κ3) is 3.70. The number of carbonyl (C=O) groups is 3. The van der Waals surface area contributed by atoms with E-state index >= 15 is 0 Å². The van der Waals surface area contributed by atoms with Gasteiger partial charge < -0.3 is 15.8 Å². The van der Waals surface area contributed by atoms with E-state index in [0.717, 1.165) is 11.3 Å². The second kappa shape index (κ2) is 5.97. The number of hydrogen-bond acceptors (Lipinski definition) is 5. The van der Waals surface area contributed by atoms with E-state index in [1.54, 1.807) is 12.1 Å². The molecule has 0 fully saturated rings. The molecule has 0 aromatic carbocycles. The Kier molecular flexibility index (Phi) is 4.61. The third-order valence-electron chi connectivity index (χ3n) is 1.87. The zero-order valence-electron chi connectivity index (χ0n) is 9.85. The molecule has 7 heteroatoms. The minimum absolute atomic E-state index is 0.00266. The summed E-state index contributed by atoms with van der Waals surface area (Å²) >= 11 is 1.11. The number of ether oxygens (including phenoxy) is 1. The van der Waals surface area contributed by atoms with Crippen molar-refractivity contribution in [3.8, 4) is 0 Å². The summed E-state index contributed by atoms with van der Waals surface area (Å²) in [4.78, 5) is 34.2. The van der Waals surface area contributed by atoms with Crippen LogP contribution in [0.1, 0.15) is 21.5 Å². The first-order valence-electron chi connectivity index (χ1n) is 4.91. The molecular weight excluding hydrogens is 256 g/mol. The number of thiophene rings is 1. The summed E-state index contributed by atoms with van der Waals surface area (Å²) in [7, 11) is 1.21. The fourth-order valence-electron chi connectivity index (χ4n) is 1.15. The van der Waals surface area contributed by atoms with Gasteiger partial charge in [-0.3, -0.25) is 9.59 Å². The van der Waals surface area contributed by atoms with Crippen molar-refractivity contribution >= 4 is 35.2 Å². The fourth-order valence-corrected chi connectivity index (χ4v) is 1.95. The smallest absolute Gasteiger partial charge is 0.354 e. The Hall–Kier alpha value is -2.15.